The molecular weight excluding hydrogens is 166 g/mol. The van der Waals surface area contributed by atoms with Crippen LogP contribution in [0.3, 0.4) is 0 Å². The molecule has 1 aromatic carbocycles. The van der Waals surface area contributed by atoms with E-state index in [0.29, 0.717) is 6.32 Å². The normalized spacial score (nSPS) is 7.40. The number of hydrogen-bond acceptors (Lipinski definition) is 0. The number of rotatable bonds is 1. The molecule has 0 aliphatic heterocycles. The first-order valence-corrected chi connectivity index (χ1v) is 2.67. The van der Waals surface area contributed by atoms with E-state index in [1.807, 2.05) is 30.3 Å². The summed E-state index contributed by atoms with van der Waals surface area (Å²) in [5.41, 5.74) is 1.19. The molecule has 0 unspecified atom stereocenters. The minimum Gasteiger partial charge on any atom is -1.00 e. The molecule has 0 amide bonds. The fourth-order valence-corrected chi connectivity index (χ4v) is 0.614. The topological polar surface area (TPSA) is 0 Å². The van der Waals surface area contributed by atoms with Crippen molar-refractivity contribution in [2.75, 3.05) is 0 Å². The van der Waals surface area contributed by atoms with Gasteiger partial charge in [-0.25, -0.2) is 0 Å². The first-order chi connectivity index (χ1) is 3.93. The third kappa shape index (κ3) is 3.81. The summed E-state index contributed by atoms with van der Waals surface area (Å²) < 4.78 is 0. The molecular formula is C7H7BCl2. The second kappa shape index (κ2) is 6.98. The van der Waals surface area contributed by atoms with Crippen molar-refractivity contribution in [3.63, 3.8) is 0 Å². The Morgan fingerprint density at radius 1 is 1.00 bits per heavy atom. The van der Waals surface area contributed by atoms with E-state index in [1.165, 1.54) is 5.56 Å². The zero-order valence-corrected chi connectivity index (χ0v) is 6.94. The van der Waals surface area contributed by atoms with Crippen molar-refractivity contribution < 1.29 is 24.8 Å². The minimum atomic E-state index is 0. The Kier molecular flexibility index (Phi) is 8.75. The van der Waals surface area contributed by atoms with Gasteiger partial charge in [0.1, 0.15) is 0 Å². The van der Waals surface area contributed by atoms with E-state index in [-0.39, 0.29) is 24.8 Å². The van der Waals surface area contributed by atoms with E-state index in [9.17, 15) is 0 Å². The molecule has 0 atom stereocenters. The molecule has 1 rings (SSSR count). The van der Waals surface area contributed by atoms with Gasteiger partial charge in [0, 0.05) is 0 Å². The Bertz CT molecular complexity index is 153. The standard InChI is InChI=1S/C7H7B.2ClH/c8-6-7-4-2-1-3-5-7;;/h1-5H,6H2;2*1H/q+2;;/p-2. The maximum Gasteiger partial charge on any atom is -1.00 e. The maximum absolute atomic E-state index is 5.35. The van der Waals surface area contributed by atoms with Gasteiger partial charge in [-0.15, -0.1) is 0 Å². The van der Waals surface area contributed by atoms with Crippen LogP contribution in [0.5, 0.6) is 0 Å². The molecule has 0 N–H and O–H groups in total. The van der Waals surface area contributed by atoms with Crippen molar-refractivity contribution in [1.29, 1.82) is 0 Å². The average molecular weight is 173 g/mol. The Labute approximate surface area is 75.3 Å². The van der Waals surface area contributed by atoms with E-state index < -0.39 is 0 Å². The van der Waals surface area contributed by atoms with E-state index in [4.69, 9.17) is 7.85 Å². The molecule has 3 heteroatoms. The van der Waals surface area contributed by atoms with E-state index >= 15 is 0 Å². The molecule has 10 heavy (non-hydrogen) atoms. The van der Waals surface area contributed by atoms with Crippen LogP contribution in [0.15, 0.2) is 30.3 Å². The summed E-state index contributed by atoms with van der Waals surface area (Å²) >= 11 is 0. The third-order valence-corrected chi connectivity index (χ3v) is 1.08. The van der Waals surface area contributed by atoms with E-state index in [2.05, 4.69) is 0 Å². The third-order valence-electron chi connectivity index (χ3n) is 1.08. The van der Waals surface area contributed by atoms with Crippen LogP contribution < -0.4 is 24.8 Å². The molecule has 0 aliphatic rings. The predicted molar refractivity (Wildman–Crippen MR) is 35.9 cm³/mol. The van der Waals surface area contributed by atoms with Gasteiger partial charge in [0.25, 0.3) is 0 Å². The smallest absolute Gasteiger partial charge is 1.00 e. The van der Waals surface area contributed by atoms with Crippen LogP contribution in [0.25, 0.3) is 0 Å². The molecule has 0 nitrogen and oxygen atoms in total. The zero-order valence-electron chi connectivity index (χ0n) is 5.43. The zero-order chi connectivity index (χ0) is 5.82. The van der Waals surface area contributed by atoms with Crippen molar-refractivity contribution in [1.82, 2.24) is 0 Å². The molecule has 0 radical (unpaired) electrons. The van der Waals surface area contributed by atoms with Crippen molar-refractivity contribution in [2.45, 2.75) is 6.32 Å². The van der Waals surface area contributed by atoms with Crippen molar-refractivity contribution in [3.8, 4) is 0 Å². The molecule has 0 fully saturated rings. The number of hydrogen-bond donors (Lipinski definition) is 0. The fourth-order valence-electron chi connectivity index (χ4n) is 0.614. The van der Waals surface area contributed by atoms with Crippen LogP contribution in [0.4, 0.5) is 0 Å². The van der Waals surface area contributed by atoms with Gasteiger partial charge in [0.05, 0.1) is 0 Å². The van der Waals surface area contributed by atoms with Gasteiger partial charge < -0.3 is 24.8 Å². The summed E-state index contributed by atoms with van der Waals surface area (Å²) in [7, 11) is 5.35. The monoisotopic (exact) mass is 172 g/mol. The van der Waals surface area contributed by atoms with Gasteiger partial charge in [-0.3, -0.25) is 0 Å². The van der Waals surface area contributed by atoms with E-state index in [1.54, 1.807) is 0 Å². The minimum absolute atomic E-state index is 0. The van der Waals surface area contributed by atoms with Gasteiger partial charge >= 0.3 is 50.1 Å². The average Bonchev–Trinajstić information content (AvgIpc) is 1.90. The second-order valence-electron chi connectivity index (χ2n) is 1.69. The first kappa shape index (κ1) is 12.5. The molecule has 52 valence electrons. The quantitative estimate of drug-likeness (QED) is 0.374. The van der Waals surface area contributed by atoms with Crippen LogP contribution in [-0.2, 0) is 6.32 Å². The Hall–Kier alpha value is -0.135. The molecule has 0 saturated carbocycles. The molecule has 0 aromatic heterocycles. The Morgan fingerprint density at radius 2 is 1.50 bits per heavy atom. The molecule has 0 bridgehead atoms. The van der Waals surface area contributed by atoms with Crippen LogP contribution in [0.2, 0.25) is 0 Å². The summed E-state index contributed by atoms with van der Waals surface area (Å²) in [6.07, 6.45) is 0.640. The predicted octanol–water partition coefficient (Wildman–Crippen LogP) is -4.64. The van der Waals surface area contributed by atoms with E-state index in [0.717, 1.165) is 0 Å². The van der Waals surface area contributed by atoms with Crippen LogP contribution in [0.1, 0.15) is 5.56 Å². The summed E-state index contributed by atoms with van der Waals surface area (Å²) in [6, 6.07) is 9.99. The molecule has 1 aromatic rings. The summed E-state index contributed by atoms with van der Waals surface area (Å²) in [5.74, 6) is 0. The van der Waals surface area contributed by atoms with Crippen molar-refractivity contribution >= 4 is 7.85 Å². The second-order valence-corrected chi connectivity index (χ2v) is 1.69. The van der Waals surface area contributed by atoms with Crippen LogP contribution >= 0.6 is 0 Å². The Balaban J connectivity index is 0. The number of benzene rings is 1. The van der Waals surface area contributed by atoms with Crippen LogP contribution in [0, 0.1) is 0 Å². The summed E-state index contributed by atoms with van der Waals surface area (Å²) in [4.78, 5) is 0. The number of halogens is 2. The largest absolute Gasteiger partial charge is 1.00 e. The molecule has 0 heterocycles. The summed E-state index contributed by atoms with van der Waals surface area (Å²) in [5, 5.41) is 0. The van der Waals surface area contributed by atoms with Gasteiger partial charge in [0.15, 0.2) is 0 Å². The molecule has 0 saturated heterocycles. The first-order valence-electron chi connectivity index (χ1n) is 2.67. The van der Waals surface area contributed by atoms with Gasteiger partial charge in [-0.05, 0) is 0 Å². The van der Waals surface area contributed by atoms with Gasteiger partial charge in [-0.1, -0.05) is 0 Å². The van der Waals surface area contributed by atoms with Crippen LogP contribution in [-0.4, -0.2) is 7.85 Å². The van der Waals surface area contributed by atoms with Crippen molar-refractivity contribution in [2.24, 2.45) is 0 Å². The van der Waals surface area contributed by atoms with Crippen molar-refractivity contribution in [3.05, 3.63) is 35.9 Å². The maximum atomic E-state index is 5.35. The van der Waals surface area contributed by atoms with Gasteiger partial charge in [-0.2, -0.15) is 0 Å². The Morgan fingerprint density at radius 3 is 1.80 bits per heavy atom. The summed E-state index contributed by atoms with van der Waals surface area (Å²) in [6.45, 7) is 0. The SMILES string of the molecule is [B+2]Cc1ccccc1.[Cl-].[Cl-]. The van der Waals surface area contributed by atoms with Gasteiger partial charge in [0.2, 0.25) is 0 Å². The molecule has 0 spiro atoms. The molecule has 0 aliphatic carbocycles. The fraction of sp³-hybridized carbons (Fsp3) is 0.143.